The lowest BCUT2D eigenvalue weighted by Crippen LogP contribution is -2.40. The second kappa shape index (κ2) is 11.8. The molecule has 0 unspecified atom stereocenters. The summed E-state index contributed by atoms with van der Waals surface area (Å²) in [5.74, 6) is 0.520. The summed E-state index contributed by atoms with van der Waals surface area (Å²) < 4.78 is 11.1. The number of likely N-dealkylation sites (N-methyl/N-ethyl adjacent to an activating group) is 1. The highest BCUT2D eigenvalue weighted by atomic mass is 16.5. The molecule has 0 bridgehead atoms. The minimum Gasteiger partial charge on any atom is -0.504 e. The van der Waals surface area contributed by atoms with Crippen LogP contribution in [0.4, 0.5) is 0 Å². The van der Waals surface area contributed by atoms with Gasteiger partial charge >= 0.3 is 5.97 Å². The van der Waals surface area contributed by atoms with E-state index in [-0.39, 0.29) is 17.8 Å². The number of nitrogens with zero attached hydrogens (tertiary/aromatic N) is 1. The Labute approximate surface area is 158 Å². The van der Waals surface area contributed by atoms with Crippen LogP contribution in [0.2, 0.25) is 0 Å². The van der Waals surface area contributed by atoms with Gasteiger partial charge in [-0.2, -0.15) is 0 Å². The highest BCUT2D eigenvalue weighted by Gasteiger charge is 2.20. The molecule has 1 rings (SSSR count). The van der Waals surface area contributed by atoms with E-state index in [0.29, 0.717) is 30.4 Å². The average molecular weight is 366 g/mol. The lowest BCUT2D eigenvalue weighted by molar-refractivity contribution is 0.0330. The van der Waals surface area contributed by atoms with E-state index >= 15 is 0 Å². The Kier molecular flexibility index (Phi) is 10.1. The summed E-state index contributed by atoms with van der Waals surface area (Å²) in [5.41, 5.74) is 0.400. The van der Waals surface area contributed by atoms with Crippen LogP contribution in [-0.4, -0.2) is 48.3 Å². The summed E-state index contributed by atoms with van der Waals surface area (Å²) in [6, 6.07) is 4.82. The molecule has 0 saturated carbocycles. The maximum Gasteiger partial charge on any atom is 0.338 e. The molecule has 5 heteroatoms. The number of esters is 1. The Morgan fingerprint density at radius 2 is 1.88 bits per heavy atom. The standard InChI is InChI=1S/C21H35NO4/c1-6-9-12-25-20-14-17(10-11-19(20)23)21(24)26-15-18(13-16(4)5)22(7-2)8-3/h10-11,14,16,18,23H,6-9,12-13,15H2,1-5H3/t18-/m0/s1. The number of phenols is 1. The Morgan fingerprint density at radius 3 is 2.46 bits per heavy atom. The fraction of sp³-hybridized carbons (Fsp3) is 0.667. The van der Waals surface area contributed by atoms with Crippen molar-refractivity contribution in [3.8, 4) is 11.5 Å². The molecule has 0 radical (unpaired) electrons. The Balaban J connectivity index is 2.74. The van der Waals surface area contributed by atoms with Crippen LogP contribution in [-0.2, 0) is 4.74 Å². The molecule has 1 N–H and O–H groups in total. The maximum absolute atomic E-state index is 12.4. The number of hydrogen-bond acceptors (Lipinski definition) is 5. The Hall–Kier alpha value is -1.75. The van der Waals surface area contributed by atoms with Gasteiger partial charge in [-0.1, -0.05) is 41.0 Å². The van der Waals surface area contributed by atoms with E-state index in [4.69, 9.17) is 9.47 Å². The van der Waals surface area contributed by atoms with Crippen molar-refractivity contribution in [2.45, 2.75) is 59.9 Å². The molecule has 0 aromatic heterocycles. The predicted molar refractivity (Wildman–Crippen MR) is 105 cm³/mol. The second-order valence-electron chi connectivity index (χ2n) is 6.99. The van der Waals surface area contributed by atoms with Gasteiger partial charge in [-0.05, 0) is 50.0 Å². The van der Waals surface area contributed by atoms with Gasteiger partial charge < -0.3 is 14.6 Å². The normalized spacial score (nSPS) is 12.4. The van der Waals surface area contributed by atoms with Gasteiger partial charge in [-0.15, -0.1) is 0 Å². The molecular weight excluding hydrogens is 330 g/mol. The van der Waals surface area contributed by atoms with E-state index < -0.39 is 0 Å². The minimum atomic E-state index is -0.383. The molecule has 26 heavy (non-hydrogen) atoms. The van der Waals surface area contributed by atoms with E-state index in [1.54, 1.807) is 12.1 Å². The summed E-state index contributed by atoms with van der Waals surface area (Å²) in [5, 5.41) is 9.89. The number of carbonyl (C=O) groups is 1. The van der Waals surface area contributed by atoms with E-state index in [1.165, 1.54) is 6.07 Å². The zero-order chi connectivity index (χ0) is 19.5. The molecule has 0 heterocycles. The van der Waals surface area contributed by atoms with Crippen molar-refractivity contribution in [2.24, 2.45) is 5.92 Å². The number of aromatic hydroxyl groups is 1. The SMILES string of the molecule is CCCCOc1cc(C(=O)OC[C@H](CC(C)C)N(CC)CC)ccc1O. The number of phenolic OH excluding ortho intramolecular Hbond substituents is 1. The number of benzene rings is 1. The number of unbranched alkanes of at least 4 members (excludes halogenated alkanes) is 1. The molecule has 0 fully saturated rings. The molecule has 0 amide bonds. The van der Waals surface area contributed by atoms with E-state index in [0.717, 1.165) is 32.4 Å². The van der Waals surface area contributed by atoms with Gasteiger partial charge in [0.05, 0.1) is 12.2 Å². The first-order chi connectivity index (χ1) is 12.4. The third-order valence-electron chi connectivity index (χ3n) is 4.43. The first kappa shape index (κ1) is 22.3. The molecule has 0 spiro atoms. The van der Waals surface area contributed by atoms with Gasteiger partial charge in [0, 0.05) is 6.04 Å². The molecule has 0 aliphatic carbocycles. The number of hydrogen-bond donors (Lipinski definition) is 1. The zero-order valence-corrected chi connectivity index (χ0v) is 17.0. The van der Waals surface area contributed by atoms with Crippen LogP contribution in [0.5, 0.6) is 11.5 Å². The van der Waals surface area contributed by atoms with Gasteiger partial charge in [0.1, 0.15) is 6.61 Å². The summed E-state index contributed by atoms with van der Waals surface area (Å²) >= 11 is 0. The maximum atomic E-state index is 12.4. The lowest BCUT2D eigenvalue weighted by atomic mass is 10.0. The monoisotopic (exact) mass is 365 g/mol. The van der Waals surface area contributed by atoms with Gasteiger partial charge in [0.2, 0.25) is 0 Å². The van der Waals surface area contributed by atoms with Crippen molar-refractivity contribution in [1.29, 1.82) is 0 Å². The molecule has 0 aliphatic heterocycles. The number of rotatable bonds is 12. The number of carbonyl (C=O) groups excluding carboxylic acids is 1. The molecule has 1 aromatic rings. The van der Waals surface area contributed by atoms with E-state index in [9.17, 15) is 9.90 Å². The van der Waals surface area contributed by atoms with Crippen LogP contribution in [0.1, 0.15) is 64.2 Å². The van der Waals surface area contributed by atoms with E-state index in [1.807, 2.05) is 0 Å². The lowest BCUT2D eigenvalue weighted by Gasteiger charge is -2.30. The topological polar surface area (TPSA) is 59.0 Å². The van der Waals surface area contributed by atoms with Crippen molar-refractivity contribution in [1.82, 2.24) is 4.90 Å². The zero-order valence-electron chi connectivity index (χ0n) is 17.0. The molecule has 0 aliphatic rings. The molecule has 0 saturated heterocycles. The molecular formula is C21H35NO4. The van der Waals surface area contributed by atoms with Crippen LogP contribution < -0.4 is 4.74 Å². The first-order valence-electron chi connectivity index (χ1n) is 9.79. The second-order valence-corrected chi connectivity index (χ2v) is 6.99. The van der Waals surface area contributed by atoms with Crippen molar-refractivity contribution in [2.75, 3.05) is 26.3 Å². The van der Waals surface area contributed by atoms with Gasteiger partial charge in [0.15, 0.2) is 11.5 Å². The Bertz CT molecular complexity index is 541. The van der Waals surface area contributed by atoms with Crippen molar-refractivity contribution in [3.05, 3.63) is 23.8 Å². The van der Waals surface area contributed by atoms with Crippen LogP contribution in [0.3, 0.4) is 0 Å². The van der Waals surface area contributed by atoms with E-state index in [2.05, 4.69) is 39.5 Å². The largest absolute Gasteiger partial charge is 0.504 e. The van der Waals surface area contributed by atoms with Crippen LogP contribution in [0, 0.1) is 5.92 Å². The van der Waals surface area contributed by atoms with Crippen molar-refractivity contribution < 1.29 is 19.4 Å². The molecule has 1 atom stereocenters. The smallest absolute Gasteiger partial charge is 0.338 e. The molecule has 148 valence electrons. The van der Waals surface area contributed by atoms with Gasteiger partial charge in [-0.3, -0.25) is 4.90 Å². The van der Waals surface area contributed by atoms with Gasteiger partial charge in [-0.25, -0.2) is 4.79 Å². The first-order valence-corrected chi connectivity index (χ1v) is 9.79. The highest BCUT2D eigenvalue weighted by Crippen LogP contribution is 2.27. The van der Waals surface area contributed by atoms with Gasteiger partial charge in [0.25, 0.3) is 0 Å². The van der Waals surface area contributed by atoms with Crippen molar-refractivity contribution in [3.63, 3.8) is 0 Å². The summed E-state index contributed by atoms with van der Waals surface area (Å²) in [7, 11) is 0. The van der Waals surface area contributed by atoms with Crippen LogP contribution in [0.15, 0.2) is 18.2 Å². The Morgan fingerprint density at radius 1 is 1.19 bits per heavy atom. The van der Waals surface area contributed by atoms with Crippen LogP contribution in [0.25, 0.3) is 0 Å². The summed E-state index contributed by atoms with van der Waals surface area (Å²) in [6.45, 7) is 13.4. The third kappa shape index (κ3) is 7.24. The molecule has 5 nitrogen and oxygen atoms in total. The summed E-state index contributed by atoms with van der Waals surface area (Å²) in [6.07, 6.45) is 2.88. The highest BCUT2D eigenvalue weighted by molar-refractivity contribution is 5.90. The predicted octanol–water partition coefficient (Wildman–Crippen LogP) is 4.48. The van der Waals surface area contributed by atoms with Crippen LogP contribution >= 0.6 is 0 Å². The average Bonchev–Trinajstić information content (AvgIpc) is 2.61. The quantitative estimate of drug-likeness (QED) is 0.437. The summed E-state index contributed by atoms with van der Waals surface area (Å²) in [4.78, 5) is 14.8. The molecule has 1 aromatic carbocycles. The third-order valence-corrected chi connectivity index (χ3v) is 4.43. The van der Waals surface area contributed by atoms with Crippen molar-refractivity contribution >= 4 is 5.97 Å². The fourth-order valence-corrected chi connectivity index (χ4v) is 2.95. The minimum absolute atomic E-state index is 0.0403. The number of ether oxygens (including phenoxy) is 2. The fourth-order valence-electron chi connectivity index (χ4n) is 2.95.